The first-order valence-electron chi connectivity index (χ1n) is 5.72. The average molecular weight is 252 g/mol. The minimum absolute atomic E-state index is 0.255. The van der Waals surface area contributed by atoms with E-state index in [1.165, 1.54) is 0 Å². The molecule has 1 aromatic carbocycles. The molecule has 1 amide bonds. The molecule has 0 aromatic heterocycles. The third kappa shape index (κ3) is 2.48. The highest BCUT2D eigenvalue weighted by molar-refractivity contribution is 6.00. The van der Waals surface area contributed by atoms with Gasteiger partial charge in [-0.05, 0) is 12.1 Å². The van der Waals surface area contributed by atoms with Crippen LogP contribution in [0.15, 0.2) is 12.1 Å². The second kappa shape index (κ2) is 5.59. The standard InChI is InChI=1S/C12H16N2O4/c1-14-12(15)8-2-3-9-11(10(8)13)18-7-5-16-4-6-17-9/h2-3H,4-7,13H2,1H3,(H,14,15). The zero-order valence-corrected chi connectivity index (χ0v) is 10.2. The van der Waals surface area contributed by atoms with E-state index in [0.717, 1.165) is 0 Å². The van der Waals surface area contributed by atoms with Gasteiger partial charge in [-0.25, -0.2) is 0 Å². The molecule has 18 heavy (non-hydrogen) atoms. The van der Waals surface area contributed by atoms with Gasteiger partial charge in [0.2, 0.25) is 0 Å². The number of nitrogens with two attached hydrogens (primary N) is 1. The second-order valence-corrected chi connectivity index (χ2v) is 3.74. The van der Waals surface area contributed by atoms with Gasteiger partial charge >= 0.3 is 0 Å². The summed E-state index contributed by atoms with van der Waals surface area (Å²) in [5, 5.41) is 2.53. The van der Waals surface area contributed by atoms with E-state index in [2.05, 4.69) is 5.32 Å². The molecule has 6 heteroatoms. The van der Waals surface area contributed by atoms with Crippen LogP contribution in [-0.2, 0) is 4.74 Å². The fourth-order valence-electron chi connectivity index (χ4n) is 1.69. The predicted molar refractivity (Wildman–Crippen MR) is 66.1 cm³/mol. The maximum atomic E-state index is 11.6. The smallest absolute Gasteiger partial charge is 0.253 e. The van der Waals surface area contributed by atoms with Gasteiger partial charge in [0, 0.05) is 7.05 Å². The van der Waals surface area contributed by atoms with Crippen molar-refractivity contribution in [3.63, 3.8) is 0 Å². The van der Waals surface area contributed by atoms with E-state index >= 15 is 0 Å². The van der Waals surface area contributed by atoms with Crippen molar-refractivity contribution in [1.29, 1.82) is 0 Å². The van der Waals surface area contributed by atoms with Gasteiger partial charge in [-0.15, -0.1) is 0 Å². The maximum absolute atomic E-state index is 11.6. The Morgan fingerprint density at radius 1 is 1.22 bits per heavy atom. The SMILES string of the molecule is CNC(=O)c1ccc2c(c1N)OCCOCCO2. The van der Waals surface area contributed by atoms with Gasteiger partial charge in [0.25, 0.3) is 5.91 Å². The zero-order valence-electron chi connectivity index (χ0n) is 10.2. The van der Waals surface area contributed by atoms with Crippen LogP contribution < -0.4 is 20.5 Å². The highest BCUT2D eigenvalue weighted by Crippen LogP contribution is 2.36. The number of anilines is 1. The van der Waals surface area contributed by atoms with Crippen molar-refractivity contribution in [2.75, 3.05) is 39.2 Å². The van der Waals surface area contributed by atoms with Crippen LogP contribution in [0.4, 0.5) is 5.69 Å². The van der Waals surface area contributed by atoms with Crippen molar-refractivity contribution in [3.05, 3.63) is 17.7 Å². The molecule has 1 aliphatic rings. The van der Waals surface area contributed by atoms with Gasteiger partial charge in [-0.2, -0.15) is 0 Å². The quantitative estimate of drug-likeness (QED) is 0.708. The van der Waals surface area contributed by atoms with Crippen LogP contribution in [0.2, 0.25) is 0 Å². The Kier molecular flexibility index (Phi) is 3.88. The molecule has 0 bridgehead atoms. The lowest BCUT2D eigenvalue weighted by Crippen LogP contribution is -2.20. The normalized spacial score (nSPS) is 15.2. The summed E-state index contributed by atoms with van der Waals surface area (Å²) in [4.78, 5) is 11.6. The summed E-state index contributed by atoms with van der Waals surface area (Å²) in [7, 11) is 1.55. The summed E-state index contributed by atoms with van der Waals surface area (Å²) in [5.74, 6) is 0.683. The number of nitrogens with one attached hydrogen (secondary N) is 1. The number of rotatable bonds is 1. The molecule has 0 aliphatic carbocycles. The number of fused-ring (bicyclic) bond motifs is 1. The molecule has 0 spiro atoms. The summed E-state index contributed by atoms with van der Waals surface area (Å²) >= 11 is 0. The molecular weight excluding hydrogens is 236 g/mol. The Morgan fingerprint density at radius 3 is 2.67 bits per heavy atom. The minimum Gasteiger partial charge on any atom is -0.487 e. The van der Waals surface area contributed by atoms with Gasteiger partial charge in [-0.3, -0.25) is 4.79 Å². The van der Waals surface area contributed by atoms with Crippen molar-refractivity contribution in [1.82, 2.24) is 5.32 Å². The van der Waals surface area contributed by atoms with Crippen molar-refractivity contribution in [3.8, 4) is 11.5 Å². The molecule has 0 fully saturated rings. The van der Waals surface area contributed by atoms with E-state index in [4.69, 9.17) is 19.9 Å². The van der Waals surface area contributed by atoms with E-state index < -0.39 is 0 Å². The summed E-state index contributed by atoms with van der Waals surface area (Å²) < 4.78 is 16.3. The number of nitrogen functional groups attached to an aromatic ring is 1. The van der Waals surface area contributed by atoms with E-state index in [0.29, 0.717) is 43.5 Å². The van der Waals surface area contributed by atoms with Gasteiger partial charge in [0.05, 0.1) is 24.5 Å². The Morgan fingerprint density at radius 2 is 1.94 bits per heavy atom. The van der Waals surface area contributed by atoms with Gasteiger partial charge in [-0.1, -0.05) is 0 Å². The summed E-state index contributed by atoms with van der Waals surface area (Å²) in [6.07, 6.45) is 0. The van der Waals surface area contributed by atoms with E-state index in [9.17, 15) is 4.79 Å². The Labute approximate surface area is 105 Å². The lowest BCUT2D eigenvalue weighted by molar-refractivity contribution is 0.0878. The zero-order chi connectivity index (χ0) is 13.0. The Balaban J connectivity index is 2.37. The van der Waals surface area contributed by atoms with Crippen LogP contribution in [0, 0.1) is 0 Å². The maximum Gasteiger partial charge on any atom is 0.253 e. The predicted octanol–water partition coefficient (Wildman–Crippen LogP) is 0.416. The first-order valence-corrected chi connectivity index (χ1v) is 5.72. The molecule has 0 atom stereocenters. The molecule has 2 rings (SSSR count). The largest absolute Gasteiger partial charge is 0.487 e. The third-order valence-electron chi connectivity index (χ3n) is 2.59. The lowest BCUT2D eigenvalue weighted by Gasteiger charge is -2.14. The van der Waals surface area contributed by atoms with E-state index in [-0.39, 0.29) is 11.6 Å². The topological polar surface area (TPSA) is 82.8 Å². The van der Waals surface area contributed by atoms with Crippen LogP contribution in [0.25, 0.3) is 0 Å². The third-order valence-corrected chi connectivity index (χ3v) is 2.59. The number of ether oxygens (including phenoxy) is 3. The van der Waals surface area contributed by atoms with Crippen molar-refractivity contribution >= 4 is 11.6 Å². The van der Waals surface area contributed by atoms with Crippen LogP contribution in [0.5, 0.6) is 11.5 Å². The molecule has 0 unspecified atom stereocenters. The molecule has 98 valence electrons. The number of amides is 1. The first-order chi connectivity index (χ1) is 8.74. The van der Waals surface area contributed by atoms with E-state index in [1.807, 2.05) is 0 Å². The van der Waals surface area contributed by atoms with Crippen LogP contribution in [0.3, 0.4) is 0 Å². The van der Waals surface area contributed by atoms with Gasteiger partial charge < -0.3 is 25.3 Å². The van der Waals surface area contributed by atoms with Gasteiger partial charge in [0.15, 0.2) is 11.5 Å². The fourth-order valence-corrected chi connectivity index (χ4v) is 1.69. The van der Waals surface area contributed by atoms with Gasteiger partial charge in [0.1, 0.15) is 13.2 Å². The average Bonchev–Trinajstić information content (AvgIpc) is 2.50. The molecule has 0 saturated carbocycles. The number of carbonyl (C=O) groups excluding carboxylic acids is 1. The second-order valence-electron chi connectivity index (χ2n) is 3.74. The van der Waals surface area contributed by atoms with Crippen molar-refractivity contribution in [2.24, 2.45) is 0 Å². The highest BCUT2D eigenvalue weighted by atomic mass is 16.6. The van der Waals surface area contributed by atoms with Crippen LogP contribution in [0.1, 0.15) is 10.4 Å². The monoisotopic (exact) mass is 252 g/mol. The number of benzene rings is 1. The van der Waals surface area contributed by atoms with E-state index in [1.54, 1.807) is 19.2 Å². The molecule has 0 saturated heterocycles. The van der Waals surface area contributed by atoms with Crippen LogP contribution >= 0.6 is 0 Å². The fraction of sp³-hybridized carbons (Fsp3) is 0.417. The molecule has 0 radical (unpaired) electrons. The first kappa shape index (κ1) is 12.5. The number of hydrogen-bond acceptors (Lipinski definition) is 5. The Bertz CT molecular complexity index is 448. The summed E-state index contributed by atoms with van der Waals surface area (Å²) in [6.45, 7) is 1.76. The highest BCUT2D eigenvalue weighted by Gasteiger charge is 2.18. The van der Waals surface area contributed by atoms with Crippen molar-refractivity contribution < 1.29 is 19.0 Å². The molecule has 3 N–H and O–H groups in total. The Hall–Kier alpha value is -1.95. The minimum atomic E-state index is -0.255. The summed E-state index contributed by atoms with van der Waals surface area (Å²) in [6, 6.07) is 3.30. The lowest BCUT2D eigenvalue weighted by atomic mass is 10.1. The van der Waals surface area contributed by atoms with Crippen molar-refractivity contribution in [2.45, 2.75) is 0 Å². The molecule has 1 heterocycles. The number of hydrogen-bond donors (Lipinski definition) is 2. The molecule has 1 aromatic rings. The molecular formula is C12H16N2O4. The molecule has 6 nitrogen and oxygen atoms in total. The van der Waals surface area contributed by atoms with Crippen LogP contribution in [-0.4, -0.2) is 39.4 Å². The number of carbonyl (C=O) groups is 1. The molecule has 1 aliphatic heterocycles. The summed E-state index contributed by atoms with van der Waals surface area (Å²) in [5.41, 5.74) is 6.61.